The molecule has 0 aliphatic rings. The number of hydrogen-bond acceptors (Lipinski definition) is 3. The van der Waals surface area contributed by atoms with Crippen molar-refractivity contribution in [1.29, 1.82) is 0 Å². The Kier molecular flexibility index (Phi) is 6.38. The summed E-state index contributed by atoms with van der Waals surface area (Å²) in [6.45, 7) is 0.414. The van der Waals surface area contributed by atoms with Gasteiger partial charge in [0.25, 0.3) is 0 Å². The summed E-state index contributed by atoms with van der Waals surface area (Å²) in [6, 6.07) is 2.93. The number of rotatable bonds is 6. The molecule has 0 heterocycles. The Morgan fingerprint density at radius 3 is 2.35 bits per heavy atom. The van der Waals surface area contributed by atoms with E-state index in [0.717, 1.165) is 6.42 Å². The van der Waals surface area contributed by atoms with Crippen molar-refractivity contribution >= 4 is 34.8 Å². The minimum atomic E-state index is -0.213. The van der Waals surface area contributed by atoms with Crippen molar-refractivity contribution in [2.75, 3.05) is 13.2 Å². The van der Waals surface area contributed by atoms with Crippen molar-refractivity contribution in [3.63, 3.8) is 0 Å². The number of aliphatic hydroxyl groups excluding tert-OH is 1. The molecule has 17 heavy (non-hydrogen) atoms. The largest absolute Gasteiger partial charge is 0.490 e. The molecule has 0 spiro atoms. The van der Waals surface area contributed by atoms with Crippen molar-refractivity contribution < 1.29 is 9.84 Å². The summed E-state index contributed by atoms with van der Waals surface area (Å²) in [5, 5.41) is 9.98. The predicted octanol–water partition coefficient (Wildman–Crippen LogP) is 3.13. The lowest BCUT2D eigenvalue weighted by Gasteiger charge is -2.11. The first-order chi connectivity index (χ1) is 8.04. The van der Waals surface area contributed by atoms with Crippen molar-refractivity contribution in [2.45, 2.75) is 18.9 Å². The van der Waals surface area contributed by atoms with Crippen LogP contribution in [0.2, 0.25) is 15.1 Å². The van der Waals surface area contributed by atoms with E-state index in [-0.39, 0.29) is 12.6 Å². The first kappa shape index (κ1) is 14.9. The van der Waals surface area contributed by atoms with E-state index in [9.17, 15) is 0 Å². The Hall–Kier alpha value is -0.190. The molecule has 0 saturated heterocycles. The topological polar surface area (TPSA) is 55.5 Å². The molecule has 3 N–H and O–H groups in total. The summed E-state index contributed by atoms with van der Waals surface area (Å²) in [5.74, 6) is 0.426. The average Bonchev–Trinajstić information content (AvgIpc) is 2.26. The molecule has 1 aromatic rings. The molecule has 0 saturated carbocycles. The fraction of sp³-hybridized carbons (Fsp3) is 0.455. The Labute approximate surface area is 115 Å². The minimum Gasteiger partial charge on any atom is -0.490 e. The van der Waals surface area contributed by atoms with E-state index < -0.39 is 0 Å². The van der Waals surface area contributed by atoms with Crippen LogP contribution in [-0.4, -0.2) is 24.4 Å². The maximum absolute atomic E-state index is 8.75. The van der Waals surface area contributed by atoms with Gasteiger partial charge in [0.2, 0.25) is 0 Å². The smallest absolute Gasteiger partial charge is 0.156 e. The molecule has 0 fully saturated rings. The van der Waals surface area contributed by atoms with Gasteiger partial charge in [-0.2, -0.15) is 0 Å². The molecule has 0 aliphatic carbocycles. The van der Waals surface area contributed by atoms with Crippen molar-refractivity contribution in [1.82, 2.24) is 0 Å². The molecule has 1 rings (SSSR count). The molecule has 1 aromatic carbocycles. The molecule has 0 bridgehead atoms. The fourth-order valence-corrected chi connectivity index (χ4v) is 2.20. The lowest BCUT2D eigenvalue weighted by atomic mass is 10.2. The van der Waals surface area contributed by atoms with Gasteiger partial charge in [0, 0.05) is 11.1 Å². The monoisotopic (exact) mass is 297 g/mol. The van der Waals surface area contributed by atoms with Gasteiger partial charge >= 0.3 is 0 Å². The van der Waals surface area contributed by atoms with Gasteiger partial charge in [0.15, 0.2) is 5.75 Å². The first-order valence-electron chi connectivity index (χ1n) is 5.18. The zero-order valence-corrected chi connectivity index (χ0v) is 11.4. The lowest BCUT2D eigenvalue weighted by Crippen LogP contribution is -2.24. The normalized spacial score (nSPS) is 12.5. The maximum atomic E-state index is 8.75. The van der Waals surface area contributed by atoms with Crippen LogP contribution >= 0.6 is 34.8 Å². The third kappa shape index (κ3) is 4.90. The SMILES string of the molecule is NC(CO)CCCOc1c(Cl)cc(Cl)cc1Cl. The molecule has 0 aromatic heterocycles. The highest BCUT2D eigenvalue weighted by Gasteiger charge is 2.09. The Balaban J connectivity index is 2.47. The van der Waals surface area contributed by atoms with Gasteiger partial charge < -0.3 is 15.6 Å². The summed E-state index contributed by atoms with van der Waals surface area (Å²) in [5.41, 5.74) is 5.56. The molecule has 96 valence electrons. The molecule has 1 atom stereocenters. The van der Waals surface area contributed by atoms with Gasteiger partial charge in [-0.15, -0.1) is 0 Å². The van der Waals surface area contributed by atoms with Crippen molar-refractivity contribution in [3.05, 3.63) is 27.2 Å². The van der Waals surface area contributed by atoms with E-state index in [1.807, 2.05) is 0 Å². The van der Waals surface area contributed by atoms with E-state index in [4.69, 9.17) is 50.4 Å². The zero-order chi connectivity index (χ0) is 12.8. The standard InChI is InChI=1S/C11H14Cl3NO2/c12-7-4-9(13)11(10(14)5-7)17-3-1-2-8(15)6-16/h4-5,8,16H,1-3,6,15H2. The van der Waals surface area contributed by atoms with Crippen molar-refractivity contribution in [3.8, 4) is 5.75 Å². The van der Waals surface area contributed by atoms with Gasteiger partial charge in [-0.3, -0.25) is 0 Å². The number of halogens is 3. The summed E-state index contributed by atoms with van der Waals surface area (Å²) in [7, 11) is 0. The van der Waals surface area contributed by atoms with E-state index in [0.29, 0.717) is 33.8 Å². The average molecular weight is 299 g/mol. The molecule has 0 amide bonds. The van der Waals surface area contributed by atoms with Crippen LogP contribution in [0.1, 0.15) is 12.8 Å². The van der Waals surface area contributed by atoms with Gasteiger partial charge in [-0.1, -0.05) is 34.8 Å². The number of hydrogen-bond donors (Lipinski definition) is 2. The molecule has 1 unspecified atom stereocenters. The van der Waals surface area contributed by atoms with E-state index in [1.165, 1.54) is 0 Å². The van der Waals surface area contributed by atoms with Crippen LogP contribution in [0.5, 0.6) is 5.75 Å². The van der Waals surface area contributed by atoms with E-state index in [1.54, 1.807) is 12.1 Å². The minimum absolute atomic E-state index is 0.0253. The number of benzene rings is 1. The summed E-state index contributed by atoms with van der Waals surface area (Å²) >= 11 is 17.7. The Morgan fingerprint density at radius 1 is 1.24 bits per heavy atom. The predicted molar refractivity (Wildman–Crippen MR) is 71.3 cm³/mol. The van der Waals surface area contributed by atoms with Crippen LogP contribution < -0.4 is 10.5 Å². The summed E-state index contributed by atoms with van der Waals surface area (Å²) in [4.78, 5) is 0. The van der Waals surface area contributed by atoms with Crippen LogP contribution in [0.15, 0.2) is 12.1 Å². The van der Waals surface area contributed by atoms with E-state index >= 15 is 0 Å². The zero-order valence-electron chi connectivity index (χ0n) is 9.13. The Morgan fingerprint density at radius 2 is 1.82 bits per heavy atom. The third-order valence-corrected chi connectivity index (χ3v) is 2.94. The molecule has 0 radical (unpaired) electrons. The molecule has 6 heteroatoms. The quantitative estimate of drug-likeness (QED) is 0.793. The van der Waals surface area contributed by atoms with Crippen LogP contribution in [0.4, 0.5) is 0 Å². The number of ether oxygens (including phenoxy) is 1. The van der Waals surface area contributed by atoms with Gasteiger partial charge in [-0.25, -0.2) is 0 Å². The van der Waals surface area contributed by atoms with Crippen molar-refractivity contribution in [2.24, 2.45) is 5.73 Å². The second-order valence-electron chi connectivity index (χ2n) is 3.63. The lowest BCUT2D eigenvalue weighted by molar-refractivity contribution is 0.244. The Bertz CT molecular complexity index is 351. The number of aliphatic hydroxyl groups is 1. The molecule has 3 nitrogen and oxygen atoms in total. The van der Waals surface area contributed by atoms with Gasteiger partial charge in [0.05, 0.1) is 23.3 Å². The fourth-order valence-electron chi connectivity index (χ4n) is 1.28. The van der Waals surface area contributed by atoms with Crippen LogP contribution in [0.3, 0.4) is 0 Å². The van der Waals surface area contributed by atoms with Gasteiger partial charge in [-0.05, 0) is 25.0 Å². The maximum Gasteiger partial charge on any atom is 0.156 e. The van der Waals surface area contributed by atoms with Crippen LogP contribution in [-0.2, 0) is 0 Å². The highest BCUT2D eigenvalue weighted by Crippen LogP contribution is 2.35. The highest BCUT2D eigenvalue weighted by atomic mass is 35.5. The summed E-state index contributed by atoms with van der Waals surface area (Å²) in [6.07, 6.45) is 1.40. The van der Waals surface area contributed by atoms with E-state index in [2.05, 4.69) is 0 Å². The number of nitrogens with two attached hydrogens (primary N) is 1. The first-order valence-corrected chi connectivity index (χ1v) is 6.31. The molecular formula is C11H14Cl3NO2. The van der Waals surface area contributed by atoms with Gasteiger partial charge in [0.1, 0.15) is 0 Å². The van der Waals surface area contributed by atoms with Crippen LogP contribution in [0.25, 0.3) is 0 Å². The third-order valence-electron chi connectivity index (χ3n) is 2.16. The highest BCUT2D eigenvalue weighted by molar-refractivity contribution is 6.40. The van der Waals surface area contributed by atoms with Crippen LogP contribution in [0, 0.1) is 0 Å². The summed E-state index contributed by atoms with van der Waals surface area (Å²) < 4.78 is 5.46. The second kappa shape index (κ2) is 7.29. The second-order valence-corrected chi connectivity index (χ2v) is 4.88. The molecular weight excluding hydrogens is 284 g/mol. The molecule has 0 aliphatic heterocycles.